The molecule has 0 spiro atoms. The lowest BCUT2D eigenvalue weighted by atomic mass is 10.1. The van der Waals surface area contributed by atoms with Gasteiger partial charge in [0.2, 0.25) is 0 Å². The number of carbonyl (C=O) groups excluding carboxylic acids is 2. The lowest BCUT2D eigenvalue weighted by Crippen LogP contribution is -2.32. The summed E-state index contributed by atoms with van der Waals surface area (Å²) in [6.45, 7) is 5.54. The Morgan fingerprint density at radius 2 is 1.74 bits per heavy atom. The summed E-state index contributed by atoms with van der Waals surface area (Å²) in [5.74, 6) is 0.755. The zero-order valence-corrected chi connectivity index (χ0v) is 19.6. The summed E-state index contributed by atoms with van der Waals surface area (Å²) >= 11 is 1.28. The highest BCUT2D eigenvalue weighted by Crippen LogP contribution is 2.21. The fourth-order valence-corrected chi connectivity index (χ4v) is 3.43. The molecule has 0 radical (unpaired) electrons. The minimum atomic E-state index is -0.573. The second kappa shape index (κ2) is 9.79. The number of anilines is 1. The van der Waals surface area contributed by atoms with Crippen molar-refractivity contribution in [3.05, 3.63) is 65.3 Å². The number of amides is 2. The summed E-state index contributed by atoms with van der Waals surface area (Å²) < 4.78 is 9.05. The van der Waals surface area contributed by atoms with Gasteiger partial charge in [0.15, 0.2) is 5.82 Å². The summed E-state index contributed by atoms with van der Waals surface area (Å²) in [4.78, 5) is 28.7. The zero-order valence-electron chi connectivity index (χ0n) is 18.8. The molecule has 0 fully saturated rings. The Morgan fingerprint density at radius 3 is 2.38 bits per heavy atom. The highest BCUT2D eigenvalue weighted by atomic mass is 32.1. The van der Waals surface area contributed by atoms with Gasteiger partial charge in [0.25, 0.3) is 5.91 Å². The molecule has 34 heavy (non-hydrogen) atoms. The molecule has 0 unspecified atom stereocenters. The van der Waals surface area contributed by atoms with Gasteiger partial charge in [0.05, 0.1) is 6.54 Å². The number of rotatable bonds is 6. The van der Waals surface area contributed by atoms with Crippen LogP contribution >= 0.6 is 11.5 Å². The predicted octanol–water partition coefficient (Wildman–Crippen LogP) is 4.27. The van der Waals surface area contributed by atoms with Crippen molar-refractivity contribution in [3.8, 4) is 22.6 Å². The predicted molar refractivity (Wildman–Crippen MR) is 128 cm³/mol. The van der Waals surface area contributed by atoms with Gasteiger partial charge < -0.3 is 15.4 Å². The van der Waals surface area contributed by atoms with Crippen molar-refractivity contribution in [1.29, 1.82) is 0 Å². The van der Waals surface area contributed by atoms with E-state index in [1.807, 2.05) is 29.6 Å². The zero-order chi connectivity index (χ0) is 24.1. The van der Waals surface area contributed by atoms with E-state index in [1.54, 1.807) is 45.0 Å². The first-order chi connectivity index (χ1) is 16.3. The number of aromatic amines is 1. The smallest absolute Gasteiger partial charge is 0.408 e. The highest BCUT2D eigenvalue weighted by Gasteiger charge is 2.16. The number of nitrogens with one attached hydrogen (secondary N) is 3. The van der Waals surface area contributed by atoms with E-state index >= 15 is 0 Å². The number of ether oxygens (including phenoxy) is 1. The summed E-state index contributed by atoms with van der Waals surface area (Å²) in [5.41, 5.74) is 3.05. The van der Waals surface area contributed by atoms with Gasteiger partial charge in [-0.1, -0.05) is 16.6 Å². The maximum atomic E-state index is 12.6. The van der Waals surface area contributed by atoms with Crippen LogP contribution in [0.5, 0.6) is 0 Å². The van der Waals surface area contributed by atoms with Crippen LogP contribution in [0.3, 0.4) is 0 Å². The summed E-state index contributed by atoms with van der Waals surface area (Å²) in [6.07, 6.45) is -0.527. The van der Waals surface area contributed by atoms with Crippen LogP contribution in [0.1, 0.15) is 37.0 Å². The van der Waals surface area contributed by atoms with Gasteiger partial charge in [0, 0.05) is 27.8 Å². The van der Waals surface area contributed by atoms with Gasteiger partial charge in [-0.15, -0.1) is 5.10 Å². The Morgan fingerprint density at radius 1 is 1.03 bits per heavy atom. The monoisotopic (exact) mass is 477 g/mol. The summed E-state index contributed by atoms with van der Waals surface area (Å²) in [6, 6.07) is 14.3. The molecule has 0 aliphatic rings. The summed E-state index contributed by atoms with van der Waals surface area (Å²) in [7, 11) is 0. The Hall–Kier alpha value is -4.12. The molecule has 0 atom stereocenters. The Labute approximate surface area is 199 Å². The number of hydrogen-bond donors (Lipinski definition) is 3. The molecule has 2 aromatic carbocycles. The van der Waals surface area contributed by atoms with Crippen molar-refractivity contribution >= 4 is 29.2 Å². The lowest BCUT2D eigenvalue weighted by Gasteiger charge is -2.19. The van der Waals surface area contributed by atoms with Gasteiger partial charge in [0.1, 0.15) is 17.1 Å². The Balaban J connectivity index is 1.33. The number of benzene rings is 2. The van der Waals surface area contributed by atoms with Crippen molar-refractivity contribution in [2.24, 2.45) is 0 Å². The van der Waals surface area contributed by atoms with E-state index in [0.717, 1.165) is 16.8 Å². The average Bonchev–Trinajstić information content (AvgIpc) is 3.50. The van der Waals surface area contributed by atoms with Crippen molar-refractivity contribution in [2.45, 2.75) is 32.9 Å². The van der Waals surface area contributed by atoms with Gasteiger partial charge in [-0.05, 0) is 68.7 Å². The number of H-pyrrole nitrogens is 1. The van der Waals surface area contributed by atoms with Crippen LogP contribution in [0.2, 0.25) is 0 Å². The standard InChI is InChI=1S/C23H23N7O3S/c1-23(2,3)33-22(32)24-12-19-26-20(29-28-19)15-8-10-17(11-9-15)25-21(31)16-6-4-14(5-7-16)18-13-34-30-27-18/h4-11,13H,12H2,1-3H3,(H,24,32)(H,25,31)(H,26,28,29). The van der Waals surface area contributed by atoms with Crippen LogP contribution in [0.4, 0.5) is 10.5 Å². The molecule has 3 N–H and O–H groups in total. The fraction of sp³-hybridized carbons (Fsp3) is 0.217. The largest absolute Gasteiger partial charge is 0.444 e. The maximum absolute atomic E-state index is 12.6. The second-order valence-electron chi connectivity index (χ2n) is 8.36. The maximum Gasteiger partial charge on any atom is 0.408 e. The number of carbonyl (C=O) groups is 2. The number of hydrogen-bond acceptors (Lipinski definition) is 8. The number of aromatic nitrogens is 5. The van der Waals surface area contributed by atoms with Crippen LogP contribution < -0.4 is 10.6 Å². The average molecular weight is 478 g/mol. The molecular weight excluding hydrogens is 454 g/mol. The van der Waals surface area contributed by atoms with Gasteiger partial charge >= 0.3 is 6.09 Å². The molecular formula is C23H23N7O3S. The fourth-order valence-electron chi connectivity index (χ4n) is 2.96. The quantitative estimate of drug-likeness (QED) is 0.377. The minimum absolute atomic E-state index is 0.161. The molecule has 174 valence electrons. The molecule has 2 heterocycles. The SMILES string of the molecule is CC(C)(C)OC(=O)NCc1nc(-c2ccc(NC(=O)c3ccc(-c4csnn4)cc3)cc2)n[nH]1. The first-order valence-electron chi connectivity index (χ1n) is 10.4. The van der Waals surface area contributed by atoms with Gasteiger partial charge in [-0.3, -0.25) is 9.89 Å². The van der Waals surface area contributed by atoms with Gasteiger partial charge in [-0.25, -0.2) is 9.78 Å². The highest BCUT2D eigenvalue weighted by molar-refractivity contribution is 7.03. The molecule has 2 amide bonds. The van der Waals surface area contributed by atoms with E-state index in [2.05, 4.69) is 35.4 Å². The van der Waals surface area contributed by atoms with E-state index in [0.29, 0.717) is 22.9 Å². The summed E-state index contributed by atoms with van der Waals surface area (Å²) in [5, 5.41) is 18.4. The molecule has 11 heteroatoms. The molecule has 0 bridgehead atoms. The lowest BCUT2D eigenvalue weighted by molar-refractivity contribution is 0.0522. The van der Waals surface area contributed by atoms with Gasteiger partial charge in [-0.2, -0.15) is 5.10 Å². The third-order valence-electron chi connectivity index (χ3n) is 4.53. The topological polar surface area (TPSA) is 135 Å². The third-order valence-corrected chi connectivity index (χ3v) is 5.04. The van der Waals surface area contributed by atoms with E-state index < -0.39 is 11.7 Å². The van der Waals surface area contributed by atoms with Crippen LogP contribution in [0.25, 0.3) is 22.6 Å². The van der Waals surface area contributed by atoms with Crippen LogP contribution in [-0.2, 0) is 11.3 Å². The first kappa shape index (κ1) is 23.1. The van der Waals surface area contributed by atoms with E-state index in [1.165, 1.54) is 11.5 Å². The van der Waals surface area contributed by atoms with Crippen molar-refractivity contribution in [3.63, 3.8) is 0 Å². The molecule has 4 aromatic rings. The van der Waals surface area contributed by atoms with E-state index in [9.17, 15) is 9.59 Å². The van der Waals surface area contributed by atoms with Crippen molar-refractivity contribution in [2.75, 3.05) is 5.32 Å². The number of alkyl carbamates (subject to hydrolysis) is 1. The molecule has 4 rings (SSSR count). The van der Waals surface area contributed by atoms with E-state index in [-0.39, 0.29) is 12.5 Å². The van der Waals surface area contributed by atoms with Crippen LogP contribution in [0.15, 0.2) is 53.9 Å². The third kappa shape index (κ3) is 6.01. The Bertz CT molecular complexity index is 1260. The molecule has 10 nitrogen and oxygen atoms in total. The van der Waals surface area contributed by atoms with E-state index in [4.69, 9.17) is 4.74 Å². The van der Waals surface area contributed by atoms with Crippen molar-refractivity contribution < 1.29 is 14.3 Å². The molecule has 0 saturated carbocycles. The minimum Gasteiger partial charge on any atom is -0.444 e. The van der Waals surface area contributed by atoms with Crippen LogP contribution in [0, 0.1) is 0 Å². The number of nitrogens with zero attached hydrogens (tertiary/aromatic N) is 4. The molecule has 0 aliphatic heterocycles. The molecule has 0 aliphatic carbocycles. The molecule has 0 saturated heterocycles. The molecule has 2 aromatic heterocycles. The van der Waals surface area contributed by atoms with Crippen molar-refractivity contribution in [1.82, 2.24) is 30.1 Å². The first-order valence-corrected chi connectivity index (χ1v) is 11.3. The Kier molecular flexibility index (Phi) is 6.64. The second-order valence-corrected chi connectivity index (χ2v) is 8.97. The van der Waals surface area contributed by atoms with Crippen LogP contribution in [-0.4, -0.2) is 42.4 Å². The normalized spacial score (nSPS) is 11.1.